The first-order valence-corrected chi connectivity index (χ1v) is 16.6. The summed E-state index contributed by atoms with van der Waals surface area (Å²) in [6.45, 7) is 5.29. The van der Waals surface area contributed by atoms with Gasteiger partial charge in [0.25, 0.3) is 0 Å². The van der Waals surface area contributed by atoms with Crippen molar-refractivity contribution in [2.45, 2.75) is 77.1 Å². The molecule has 46 heavy (non-hydrogen) atoms. The number of nitrogens with one attached hydrogen (secondary N) is 2. The maximum Gasteiger partial charge on any atom is 0.325 e. The minimum atomic E-state index is -0.492. The van der Waals surface area contributed by atoms with Gasteiger partial charge in [-0.15, -0.1) is 0 Å². The van der Waals surface area contributed by atoms with Crippen LogP contribution in [0.1, 0.15) is 80.1 Å². The average Bonchev–Trinajstić information content (AvgIpc) is 3.08. The first-order valence-electron chi connectivity index (χ1n) is 16.6. The highest BCUT2D eigenvalue weighted by molar-refractivity contribution is 5.80. The molecule has 2 heterocycles. The number of amides is 2. The number of carbonyl (C=O) groups is 2. The molecule has 9 heteroatoms. The number of aliphatic hydroxyl groups is 1. The molecule has 0 aliphatic carbocycles. The van der Waals surface area contributed by atoms with Gasteiger partial charge in [-0.1, -0.05) is 86.0 Å². The van der Waals surface area contributed by atoms with E-state index in [2.05, 4.69) is 51.9 Å². The Hall–Kier alpha value is -3.76. The Labute approximate surface area is 272 Å². The number of esters is 1. The summed E-state index contributed by atoms with van der Waals surface area (Å²) in [5, 5.41) is 14.8. The number of ether oxygens (including phenoxy) is 3. The highest BCUT2D eigenvalue weighted by atomic mass is 16.7. The van der Waals surface area contributed by atoms with E-state index in [4.69, 9.17) is 14.2 Å². The average molecular weight is 630 g/mol. The van der Waals surface area contributed by atoms with Crippen molar-refractivity contribution in [3.63, 3.8) is 0 Å². The van der Waals surface area contributed by atoms with Crippen molar-refractivity contribution in [3.05, 3.63) is 95.1 Å². The fraction of sp³-hybridized carbons (Fsp3) is 0.459. The zero-order valence-electron chi connectivity index (χ0n) is 26.8. The number of urea groups is 1. The van der Waals surface area contributed by atoms with Crippen molar-refractivity contribution in [3.8, 4) is 11.1 Å². The van der Waals surface area contributed by atoms with Crippen LogP contribution in [-0.4, -0.2) is 60.9 Å². The quantitative estimate of drug-likeness (QED) is 0.223. The highest BCUT2D eigenvalue weighted by Crippen LogP contribution is 2.39. The van der Waals surface area contributed by atoms with Crippen LogP contribution in [0.15, 0.2) is 72.8 Å². The minimum Gasteiger partial charge on any atom is -0.465 e. The van der Waals surface area contributed by atoms with Crippen LogP contribution in [0.25, 0.3) is 11.1 Å². The van der Waals surface area contributed by atoms with E-state index in [1.165, 1.54) is 32.1 Å². The summed E-state index contributed by atoms with van der Waals surface area (Å²) in [5.74, 6) is -0.470. The predicted molar refractivity (Wildman–Crippen MR) is 177 cm³/mol. The number of hydrogen-bond donors (Lipinski definition) is 3. The molecule has 246 valence electrons. The van der Waals surface area contributed by atoms with E-state index < -0.39 is 18.3 Å². The van der Waals surface area contributed by atoms with E-state index in [0.717, 1.165) is 59.4 Å². The van der Waals surface area contributed by atoms with Gasteiger partial charge < -0.3 is 34.9 Å². The first-order chi connectivity index (χ1) is 22.5. The highest BCUT2D eigenvalue weighted by Gasteiger charge is 2.33. The number of hydrogen-bond acceptors (Lipinski definition) is 7. The Balaban J connectivity index is 1.25. The second kappa shape index (κ2) is 17.2. The van der Waals surface area contributed by atoms with Gasteiger partial charge in [-0.2, -0.15) is 0 Å². The molecule has 3 atom stereocenters. The summed E-state index contributed by atoms with van der Waals surface area (Å²) in [5.41, 5.74) is 5.96. The van der Waals surface area contributed by atoms with Crippen molar-refractivity contribution < 1.29 is 28.9 Å². The van der Waals surface area contributed by atoms with Crippen molar-refractivity contribution in [2.24, 2.45) is 0 Å². The lowest BCUT2D eigenvalue weighted by molar-refractivity contribution is -0.253. The number of rotatable bonds is 11. The van der Waals surface area contributed by atoms with Gasteiger partial charge in [0, 0.05) is 25.1 Å². The van der Waals surface area contributed by atoms with Crippen molar-refractivity contribution in [2.75, 3.05) is 32.8 Å². The molecule has 0 saturated carbocycles. The zero-order chi connectivity index (χ0) is 32.1. The van der Waals surface area contributed by atoms with Crippen LogP contribution in [0.3, 0.4) is 0 Å². The molecule has 0 spiro atoms. The molecule has 2 fully saturated rings. The van der Waals surface area contributed by atoms with Crippen LogP contribution < -0.4 is 10.6 Å². The fourth-order valence-electron chi connectivity index (χ4n) is 6.12. The Morgan fingerprint density at radius 2 is 1.57 bits per heavy atom. The molecule has 3 aromatic carbocycles. The number of carbonyl (C=O) groups excluding carboxylic acids is 2. The Bertz CT molecular complexity index is 1390. The number of aliphatic hydroxyl groups excluding tert-OH is 1. The molecule has 2 saturated heterocycles. The van der Waals surface area contributed by atoms with Crippen LogP contribution in [0, 0.1) is 0 Å². The number of likely N-dealkylation sites (tertiary alicyclic amines) is 1. The molecule has 0 aromatic heterocycles. The molecular formula is C37H47N3O6. The lowest BCUT2D eigenvalue weighted by atomic mass is 9.98. The number of nitrogens with zero attached hydrogens (tertiary/aromatic N) is 1. The van der Waals surface area contributed by atoms with Crippen LogP contribution >= 0.6 is 0 Å². The van der Waals surface area contributed by atoms with E-state index >= 15 is 0 Å². The molecule has 3 N–H and O–H groups in total. The topological polar surface area (TPSA) is 109 Å². The largest absolute Gasteiger partial charge is 0.465 e. The van der Waals surface area contributed by atoms with Gasteiger partial charge in [-0.3, -0.25) is 4.79 Å². The van der Waals surface area contributed by atoms with Gasteiger partial charge in [0.15, 0.2) is 6.29 Å². The van der Waals surface area contributed by atoms with Gasteiger partial charge in [0.1, 0.15) is 6.54 Å². The van der Waals surface area contributed by atoms with Crippen LogP contribution in [0.5, 0.6) is 0 Å². The van der Waals surface area contributed by atoms with E-state index in [0.29, 0.717) is 6.54 Å². The second-order valence-corrected chi connectivity index (χ2v) is 12.1. The first kappa shape index (κ1) is 33.6. The van der Waals surface area contributed by atoms with Crippen LogP contribution in [0.2, 0.25) is 0 Å². The Kier molecular flexibility index (Phi) is 12.6. The minimum absolute atomic E-state index is 0.0212. The summed E-state index contributed by atoms with van der Waals surface area (Å²) >= 11 is 0. The summed E-state index contributed by atoms with van der Waals surface area (Å²) < 4.78 is 18.1. The van der Waals surface area contributed by atoms with Crippen molar-refractivity contribution in [1.29, 1.82) is 0 Å². The fourth-order valence-corrected chi connectivity index (χ4v) is 6.12. The maximum absolute atomic E-state index is 12.1. The lowest BCUT2D eigenvalue weighted by Crippen LogP contribution is -2.40. The summed E-state index contributed by atoms with van der Waals surface area (Å²) in [4.78, 5) is 26.2. The monoisotopic (exact) mass is 629 g/mol. The molecule has 0 radical (unpaired) electrons. The summed E-state index contributed by atoms with van der Waals surface area (Å²) in [6, 6.07) is 23.9. The molecule has 2 aliphatic heterocycles. The van der Waals surface area contributed by atoms with Gasteiger partial charge >= 0.3 is 12.0 Å². The molecule has 0 bridgehead atoms. The lowest BCUT2D eigenvalue weighted by Gasteiger charge is -2.38. The van der Waals surface area contributed by atoms with Gasteiger partial charge in [-0.05, 0) is 66.7 Å². The van der Waals surface area contributed by atoms with Gasteiger partial charge in [-0.25, -0.2) is 4.79 Å². The summed E-state index contributed by atoms with van der Waals surface area (Å²) in [6.07, 6.45) is 6.63. The Morgan fingerprint density at radius 1 is 0.848 bits per heavy atom. The molecule has 9 nitrogen and oxygen atoms in total. The Morgan fingerprint density at radius 3 is 2.28 bits per heavy atom. The molecule has 2 aliphatic rings. The third-order valence-electron chi connectivity index (χ3n) is 8.62. The van der Waals surface area contributed by atoms with E-state index in [1.54, 1.807) is 6.92 Å². The summed E-state index contributed by atoms with van der Waals surface area (Å²) in [7, 11) is 0. The molecule has 0 unspecified atom stereocenters. The second-order valence-electron chi connectivity index (χ2n) is 12.1. The SMILES string of the molecule is CCOC(=O)CNC(=O)NCc1cccc(-c2ccc([C@@H]3O[C@H](CN4CCCCCCC4)C[C@H](c4ccc(CO)cc4)O3)cc2)c1. The van der Waals surface area contributed by atoms with Gasteiger partial charge in [0.2, 0.25) is 0 Å². The predicted octanol–water partition coefficient (Wildman–Crippen LogP) is 6.02. The third-order valence-corrected chi connectivity index (χ3v) is 8.62. The van der Waals surface area contributed by atoms with E-state index in [1.807, 2.05) is 36.4 Å². The maximum atomic E-state index is 12.1. The van der Waals surface area contributed by atoms with Gasteiger partial charge in [0.05, 0.1) is 25.4 Å². The zero-order valence-corrected chi connectivity index (χ0v) is 26.8. The molecule has 3 aromatic rings. The van der Waals surface area contributed by atoms with Crippen LogP contribution in [0.4, 0.5) is 4.79 Å². The van der Waals surface area contributed by atoms with Crippen LogP contribution in [-0.2, 0) is 32.2 Å². The smallest absolute Gasteiger partial charge is 0.325 e. The standard InChI is InChI=1S/C37H47N3O6/c1-2-44-35(42)24-39-37(43)38-23-28-9-8-10-32(21-28)29-15-17-31(18-16-29)36-45-33(25-40-19-6-4-3-5-7-20-40)22-34(46-36)30-13-11-27(26-41)12-14-30/h8-18,21,33-34,36,41H,2-7,19-20,22-26H2,1H3,(H2,38,39,43)/t33-,34+,36+/m0/s1. The molecule has 5 rings (SSSR count). The molecule has 2 amide bonds. The molecular weight excluding hydrogens is 582 g/mol. The van der Waals surface area contributed by atoms with E-state index in [9.17, 15) is 14.7 Å². The normalized spacial score (nSPS) is 20.7. The number of benzene rings is 3. The van der Waals surface area contributed by atoms with Crippen molar-refractivity contribution in [1.82, 2.24) is 15.5 Å². The third kappa shape index (κ3) is 9.87. The van der Waals surface area contributed by atoms with Crippen molar-refractivity contribution >= 4 is 12.0 Å². The van der Waals surface area contributed by atoms with E-state index in [-0.39, 0.29) is 32.0 Å².